The molecule has 0 unspecified atom stereocenters. The number of aryl methyl sites for hydroxylation is 1. The Morgan fingerprint density at radius 1 is 1.29 bits per heavy atom. The Kier molecular flexibility index (Phi) is 3.00. The van der Waals surface area contributed by atoms with Gasteiger partial charge in [0.1, 0.15) is 5.76 Å². The third-order valence-corrected chi connectivity index (χ3v) is 2.18. The number of rotatable bonds is 3. The summed E-state index contributed by atoms with van der Waals surface area (Å²) in [5.41, 5.74) is 0.947. The van der Waals surface area contributed by atoms with Gasteiger partial charge in [0.15, 0.2) is 5.89 Å². The van der Waals surface area contributed by atoms with Crippen LogP contribution in [0.25, 0.3) is 12.2 Å². The number of aromatic nitrogens is 1. The van der Waals surface area contributed by atoms with Gasteiger partial charge in [-0.3, -0.25) is 10.1 Å². The molecule has 0 saturated heterocycles. The van der Waals surface area contributed by atoms with Crippen LogP contribution in [-0.4, -0.2) is 9.91 Å². The van der Waals surface area contributed by atoms with Crippen molar-refractivity contribution in [3.63, 3.8) is 0 Å². The maximum absolute atomic E-state index is 10.5. The fraction of sp³-hybridized carbons (Fsp3) is 0.0833. The van der Waals surface area contributed by atoms with Gasteiger partial charge in [-0.2, -0.15) is 0 Å². The zero-order valence-electron chi connectivity index (χ0n) is 9.16. The zero-order valence-corrected chi connectivity index (χ0v) is 9.16. The molecular formula is C12H10N2O3. The molecule has 2 aromatic rings. The summed E-state index contributed by atoms with van der Waals surface area (Å²) in [5.74, 6) is 1.26. The first kappa shape index (κ1) is 11.1. The van der Waals surface area contributed by atoms with Crippen LogP contribution >= 0.6 is 0 Å². The SMILES string of the molecule is Cc1ncc(/C=C/c2ccc([N+](=O)[O-])cc2)o1. The van der Waals surface area contributed by atoms with Crippen molar-refractivity contribution in [2.45, 2.75) is 6.92 Å². The molecule has 86 valence electrons. The Bertz CT molecular complexity index is 555. The lowest BCUT2D eigenvalue weighted by atomic mass is 10.2. The highest BCUT2D eigenvalue weighted by Crippen LogP contribution is 2.14. The number of non-ortho nitro benzene ring substituents is 1. The standard InChI is InChI=1S/C12H10N2O3/c1-9-13-8-12(17-9)7-4-10-2-5-11(6-3-10)14(15)16/h2-8H,1H3/b7-4+. The molecule has 1 aromatic carbocycles. The predicted molar refractivity (Wildman–Crippen MR) is 63.3 cm³/mol. The monoisotopic (exact) mass is 230 g/mol. The molecule has 5 heteroatoms. The average molecular weight is 230 g/mol. The van der Waals surface area contributed by atoms with Gasteiger partial charge in [-0.05, 0) is 23.8 Å². The zero-order chi connectivity index (χ0) is 12.3. The predicted octanol–water partition coefficient (Wildman–Crippen LogP) is 3.06. The molecule has 0 atom stereocenters. The Balaban J connectivity index is 2.13. The summed E-state index contributed by atoms with van der Waals surface area (Å²) in [4.78, 5) is 14.0. The minimum absolute atomic E-state index is 0.0812. The number of nitrogens with zero attached hydrogens (tertiary/aromatic N) is 2. The second kappa shape index (κ2) is 4.61. The van der Waals surface area contributed by atoms with Gasteiger partial charge in [0.2, 0.25) is 0 Å². The maximum Gasteiger partial charge on any atom is 0.269 e. The van der Waals surface area contributed by atoms with Gasteiger partial charge < -0.3 is 4.42 Å². The molecule has 2 rings (SSSR count). The van der Waals surface area contributed by atoms with E-state index in [0.717, 1.165) is 5.56 Å². The molecular weight excluding hydrogens is 220 g/mol. The van der Waals surface area contributed by atoms with Crippen molar-refractivity contribution in [2.24, 2.45) is 0 Å². The number of benzene rings is 1. The second-order valence-electron chi connectivity index (χ2n) is 3.46. The topological polar surface area (TPSA) is 69.2 Å². The van der Waals surface area contributed by atoms with E-state index in [-0.39, 0.29) is 5.69 Å². The molecule has 0 aliphatic heterocycles. The van der Waals surface area contributed by atoms with Gasteiger partial charge in [0.25, 0.3) is 5.69 Å². The molecule has 0 spiro atoms. The van der Waals surface area contributed by atoms with E-state index in [4.69, 9.17) is 4.42 Å². The first-order valence-corrected chi connectivity index (χ1v) is 5.00. The van der Waals surface area contributed by atoms with E-state index in [1.165, 1.54) is 12.1 Å². The largest absolute Gasteiger partial charge is 0.442 e. The Morgan fingerprint density at radius 3 is 2.53 bits per heavy atom. The molecule has 0 fully saturated rings. The van der Waals surface area contributed by atoms with E-state index in [2.05, 4.69) is 4.98 Å². The van der Waals surface area contributed by atoms with Gasteiger partial charge in [0.05, 0.1) is 11.1 Å². The molecule has 0 saturated carbocycles. The van der Waals surface area contributed by atoms with Gasteiger partial charge in [0, 0.05) is 19.1 Å². The molecule has 0 amide bonds. The normalized spacial score (nSPS) is 10.9. The lowest BCUT2D eigenvalue weighted by Crippen LogP contribution is -1.86. The van der Waals surface area contributed by atoms with Gasteiger partial charge in [-0.1, -0.05) is 6.08 Å². The van der Waals surface area contributed by atoms with Crippen LogP contribution in [0.1, 0.15) is 17.2 Å². The van der Waals surface area contributed by atoms with E-state index >= 15 is 0 Å². The van der Waals surface area contributed by atoms with Gasteiger partial charge in [-0.25, -0.2) is 4.98 Å². The highest BCUT2D eigenvalue weighted by atomic mass is 16.6. The number of hydrogen-bond donors (Lipinski definition) is 0. The van der Waals surface area contributed by atoms with Crippen LogP contribution < -0.4 is 0 Å². The minimum Gasteiger partial charge on any atom is -0.442 e. The smallest absolute Gasteiger partial charge is 0.269 e. The fourth-order valence-corrected chi connectivity index (χ4v) is 1.34. The summed E-state index contributed by atoms with van der Waals surface area (Å²) in [7, 11) is 0. The average Bonchev–Trinajstić information content (AvgIpc) is 2.73. The Hall–Kier alpha value is -2.43. The molecule has 0 aliphatic rings. The van der Waals surface area contributed by atoms with Crippen LogP contribution in [0.15, 0.2) is 34.9 Å². The first-order valence-electron chi connectivity index (χ1n) is 5.00. The highest BCUT2D eigenvalue weighted by Gasteiger charge is 2.02. The minimum atomic E-state index is -0.423. The van der Waals surface area contributed by atoms with Gasteiger partial charge in [-0.15, -0.1) is 0 Å². The summed E-state index contributed by atoms with van der Waals surface area (Å²) in [6.45, 7) is 1.77. The molecule has 0 aliphatic carbocycles. The quantitative estimate of drug-likeness (QED) is 0.600. The van der Waals surface area contributed by atoms with E-state index < -0.39 is 4.92 Å². The van der Waals surface area contributed by atoms with Crippen LogP contribution in [0.5, 0.6) is 0 Å². The molecule has 5 nitrogen and oxygen atoms in total. The van der Waals surface area contributed by atoms with Crippen molar-refractivity contribution in [2.75, 3.05) is 0 Å². The summed E-state index contributed by atoms with van der Waals surface area (Å²) in [6, 6.07) is 6.28. The van der Waals surface area contributed by atoms with Crippen molar-refractivity contribution >= 4 is 17.8 Å². The number of nitro groups is 1. The highest BCUT2D eigenvalue weighted by molar-refractivity contribution is 5.67. The summed E-state index contributed by atoms with van der Waals surface area (Å²) in [6.07, 6.45) is 5.20. The second-order valence-corrected chi connectivity index (χ2v) is 3.46. The van der Waals surface area contributed by atoms with Crippen molar-refractivity contribution in [3.8, 4) is 0 Å². The van der Waals surface area contributed by atoms with E-state index in [1.54, 1.807) is 31.3 Å². The number of oxazole rings is 1. The van der Waals surface area contributed by atoms with Crippen molar-refractivity contribution in [3.05, 3.63) is 57.8 Å². The summed E-state index contributed by atoms with van der Waals surface area (Å²) >= 11 is 0. The van der Waals surface area contributed by atoms with Crippen molar-refractivity contribution < 1.29 is 9.34 Å². The summed E-state index contributed by atoms with van der Waals surface area (Å²) in [5, 5.41) is 10.5. The Morgan fingerprint density at radius 2 is 2.00 bits per heavy atom. The van der Waals surface area contributed by atoms with E-state index in [0.29, 0.717) is 11.7 Å². The lowest BCUT2D eigenvalue weighted by molar-refractivity contribution is -0.384. The van der Waals surface area contributed by atoms with Crippen LogP contribution in [0.2, 0.25) is 0 Å². The number of nitro benzene ring substituents is 1. The third kappa shape index (κ3) is 2.78. The maximum atomic E-state index is 10.5. The van der Waals surface area contributed by atoms with Crippen LogP contribution in [0.3, 0.4) is 0 Å². The molecule has 0 bridgehead atoms. The molecule has 17 heavy (non-hydrogen) atoms. The Labute approximate surface area is 97.6 Å². The van der Waals surface area contributed by atoms with Crippen LogP contribution in [-0.2, 0) is 0 Å². The van der Waals surface area contributed by atoms with Crippen molar-refractivity contribution in [1.82, 2.24) is 4.98 Å². The third-order valence-electron chi connectivity index (χ3n) is 2.18. The fourth-order valence-electron chi connectivity index (χ4n) is 1.34. The molecule has 1 heterocycles. The van der Waals surface area contributed by atoms with Crippen molar-refractivity contribution in [1.29, 1.82) is 0 Å². The summed E-state index contributed by atoms with van der Waals surface area (Å²) < 4.78 is 5.26. The molecule has 0 radical (unpaired) electrons. The first-order chi connectivity index (χ1) is 8.15. The van der Waals surface area contributed by atoms with E-state index in [1.807, 2.05) is 6.08 Å². The molecule has 1 aromatic heterocycles. The van der Waals surface area contributed by atoms with Gasteiger partial charge >= 0.3 is 0 Å². The van der Waals surface area contributed by atoms with Crippen LogP contribution in [0, 0.1) is 17.0 Å². The van der Waals surface area contributed by atoms with E-state index in [9.17, 15) is 10.1 Å². The van der Waals surface area contributed by atoms with Crippen LogP contribution in [0.4, 0.5) is 5.69 Å². The molecule has 0 N–H and O–H groups in total. The number of hydrogen-bond acceptors (Lipinski definition) is 4. The lowest BCUT2D eigenvalue weighted by Gasteiger charge is -1.92.